The molecule has 0 amide bonds. The number of ketones is 3. The van der Waals surface area contributed by atoms with Crippen molar-refractivity contribution in [2.75, 3.05) is 0 Å². The van der Waals surface area contributed by atoms with Crippen molar-refractivity contribution in [1.82, 2.24) is 0 Å². The summed E-state index contributed by atoms with van der Waals surface area (Å²) < 4.78 is 0. The highest BCUT2D eigenvalue weighted by Gasteiger charge is 2.04. The first-order chi connectivity index (χ1) is 9.60. The Morgan fingerprint density at radius 3 is 1.10 bits per heavy atom. The molecule has 0 saturated heterocycles. The SMILES string of the molecule is CCC(=O)CCCCCC(=O)CCCCCC(=O)CC. The van der Waals surface area contributed by atoms with E-state index in [9.17, 15) is 14.4 Å². The summed E-state index contributed by atoms with van der Waals surface area (Å²) in [6.07, 6.45) is 9.46. The second-order valence-electron chi connectivity index (χ2n) is 5.44. The number of hydrogen-bond acceptors (Lipinski definition) is 3. The fourth-order valence-corrected chi connectivity index (χ4v) is 2.12. The Labute approximate surface area is 123 Å². The van der Waals surface area contributed by atoms with Crippen molar-refractivity contribution < 1.29 is 14.4 Å². The van der Waals surface area contributed by atoms with E-state index >= 15 is 0 Å². The molecule has 0 N–H and O–H groups in total. The van der Waals surface area contributed by atoms with Crippen molar-refractivity contribution in [1.29, 1.82) is 0 Å². The normalized spacial score (nSPS) is 10.5. The number of unbranched alkanes of at least 4 members (excludes halogenated alkanes) is 4. The molecule has 0 atom stereocenters. The fraction of sp³-hybridized carbons (Fsp3) is 0.824. The van der Waals surface area contributed by atoms with Gasteiger partial charge in [0.1, 0.15) is 17.3 Å². The summed E-state index contributed by atoms with van der Waals surface area (Å²) in [5, 5.41) is 0. The lowest BCUT2D eigenvalue weighted by Gasteiger charge is -2.02. The molecule has 0 unspecified atom stereocenters. The van der Waals surface area contributed by atoms with Crippen LogP contribution in [-0.2, 0) is 14.4 Å². The number of carbonyl (C=O) groups excluding carboxylic acids is 3. The molecule has 20 heavy (non-hydrogen) atoms. The highest BCUT2D eigenvalue weighted by atomic mass is 16.1. The monoisotopic (exact) mass is 282 g/mol. The zero-order chi connectivity index (χ0) is 15.2. The summed E-state index contributed by atoms with van der Waals surface area (Å²) in [7, 11) is 0. The van der Waals surface area contributed by atoms with E-state index in [1.807, 2.05) is 13.8 Å². The third kappa shape index (κ3) is 12.1. The van der Waals surface area contributed by atoms with Crippen molar-refractivity contribution in [3.8, 4) is 0 Å². The summed E-state index contributed by atoms with van der Waals surface area (Å²) >= 11 is 0. The molecule has 0 aliphatic carbocycles. The Kier molecular flexibility index (Phi) is 12.4. The second-order valence-corrected chi connectivity index (χ2v) is 5.44. The number of hydrogen-bond donors (Lipinski definition) is 0. The lowest BCUT2D eigenvalue weighted by molar-refractivity contribution is -0.119. The predicted octanol–water partition coefficient (Wildman–Crippen LogP) is 4.41. The van der Waals surface area contributed by atoms with Gasteiger partial charge in [0.2, 0.25) is 0 Å². The molecule has 0 aromatic rings. The minimum atomic E-state index is 0.318. The Hall–Kier alpha value is -0.990. The molecule has 0 radical (unpaired) electrons. The molecule has 0 aliphatic heterocycles. The second kappa shape index (κ2) is 13.0. The molecule has 0 spiro atoms. The van der Waals surface area contributed by atoms with Crippen LogP contribution >= 0.6 is 0 Å². The topological polar surface area (TPSA) is 51.2 Å². The average Bonchev–Trinajstić information content (AvgIpc) is 2.45. The molecular weight excluding hydrogens is 252 g/mol. The summed E-state index contributed by atoms with van der Waals surface area (Å²) in [6, 6.07) is 0. The molecule has 0 saturated carbocycles. The van der Waals surface area contributed by atoms with Gasteiger partial charge in [-0.1, -0.05) is 26.7 Å². The van der Waals surface area contributed by atoms with Crippen molar-refractivity contribution >= 4 is 17.3 Å². The van der Waals surface area contributed by atoms with Crippen LogP contribution in [0.1, 0.15) is 90.9 Å². The maximum atomic E-state index is 11.6. The smallest absolute Gasteiger partial charge is 0.132 e. The third-order valence-electron chi connectivity index (χ3n) is 3.61. The summed E-state index contributed by atoms with van der Waals surface area (Å²) in [5.74, 6) is 0.963. The van der Waals surface area contributed by atoms with Gasteiger partial charge in [-0.15, -0.1) is 0 Å². The maximum absolute atomic E-state index is 11.6. The molecule has 116 valence electrons. The Morgan fingerprint density at radius 1 is 0.500 bits per heavy atom. The summed E-state index contributed by atoms with van der Waals surface area (Å²) in [4.78, 5) is 33.8. The lowest BCUT2D eigenvalue weighted by Crippen LogP contribution is -1.99. The number of Topliss-reactive ketones (excluding diaryl/α,β-unsaturated/α-hetero) is 3. The molecule has 0 heterocycles. The molecule has 0 aromatic carbocycles. The average molecular weight is 282 g/mol. The van der Waals surface area contributed by atoms with Gasteiger partial charge in [-0.05, 0) is 25.7 Å². The summed E-state index contributed by atoms with van der Waals surface area (Å²) in [5.41, 5.74) is 0. The molecule has 0 rings (SSSR count). The maximum Gasteiger partial charge on any atom is 0.132 e. The van der Waals surface area contributed by atoms with Gasteiger partial charge in [0.15, 0.2) is 0 Å². The van der Waals surface area contributed by atoms with Gasteiger partial charge >= 0.3 is 0 Å². The zero-order valence-corrected chi connectivity index (χ0v) is 13.2. The van der Waals surface area contributed by atoms with Crippen LogP contribution in [0, 0.1) is 0 Å². The van der Waals surface area contributed by atoms with Crippen LogP contribution in [-0.4, -0.2) is 17.3 Å². The summed E-state index contributed by atoms with van der Waals surface area (Å²) in [6.45, 7) is 3.78. The van der Waals surface area contributed by atoms with Crippen LogP contribution in [0.3, 0.4) is 0 Å². The van der Waals surface area contributed by atoms with E-state index in [2.05, 4.69) is 0 Å². The fourth-order valence-electron chi connectivity index (χ4n) is 2.12. The molecule has 3 nitrogen and oxygen atoms in total. The lowest BCUT2D eigenvalue weighted by atomic mass is 10.0. The van der Waals surface area contributed by atoms with Crippen molar-refractivity contribution in [2.45, 2.75) is 90.9 Å². The molecular formula is C17H30O3. The van der Waals surface area contributed by atoms with Gasteiger partial charge < -0.3 is 0 Å². The highest BCUT2D eigenvalue weighted by molar-refractivity contribution is 5.79. The molecule has 0 aromatic heterocycles. The van der Waals surface area contributed by atoms with E-state index in [4.69, 9.17) is 0 Å². The third-order valence-corrected chi connectivity index (χ3v) is 3.61. The minimum Gasteiger partial charge on any atom is -0.300 e. The quantitative estimate of drug-likeness (QED) is 0.443. The first kappa shape index (κ1) is 19.0. The van der Waals surface area contributed by atoms with Gasteiger partial charge in [0.05, 0.1) is 0 Å². The largest absolute Gasteiger partial charge is 0.300 e. The van der Waals surface area contributed by atoms with Crippen LogP contribution in [0.25, 0.3) is 0 Å². The van der Waals surface area contributed by atoms with E-state index in [0.29, 0.717) is 55.9 Å². The van der Waals surface area contributed by atoms with Crippen LogP contribution < -0.4 is 0 Å². The van der Waals surface area contributed by atoms with E-state index in [1.54, 1.807) is 0 Å². The first-order valence-electron chi connectivity index (χ1n) is 8.15. The van der Waals surface area contributed by atoms with Crippen LogP contribution in [0.15, 0.2) is 0 Å². The Balaban J connectivity index is 3.33. The van der Waals surface area contributed by atoms with Crippen LogP contribution in [0.2, 0.25) is 0 Å². The molecule has 0 fully saturated rings. The standard InChI is InChI=1S/C17H30O3/c1-3-15(18)11-7-5-9-13-17(20)14-10-6-8-12-16(19)4-2/h3-14H2,1-2H3. The molecule has 3 heteroatoms. The number of carbonyl (C=O) groups is 3. The van der Waals surface area contributed by atoms with Crippen molar-refractivity contribution in [3.63, 3.8) is 0 Å². The van der Waals surface area contributed by atoms with Crippen LogP contribution in [0.5, 0.6) is 0 Å². The first-order valence-corrected chi connectivity index (χ1v) is 8.15. The van der Waals surface area contributed by atoms with Gasteiger partial charge in [-0.3, -0.25) is 14.4 Å². The van der Waals surface area contributed by atoms with E-state index in [1.165, 1.54) is 0 Å². The minimum absolute atomic E-state index is 0.318. The molecule has 0 aliphatic rings. The zero-order valence-electron chi connectivity index (χ0n) is 13.2. The molecule has 0 bridgehead atoms. The Bertz CT molecular complexity index is 267. The van der Waals surface area contributed by atoms with Gasteiger partial charge in [0, 0.05) is 38.5 Å². The van der Waals surface area contributed by atoms with E-state index < -0.39 is 0 Å². The van der Waals surface area contributed by atoms with Gasteiger partial charge in [0.25, 0.3) is 0 Å². The Morgan fingerprint density at radius 2 is 0.800 bits per heavy atom. The van der Waals surface area contributed by atoms with Gasteiger partial charge in [-0.2, -0.15) is 0 Å². The number of rotatable bonds is 14. The predicted molar refractivity (Wildman–Crippen MR) is 81.8 cm³/mol. The van der Waals surface area contributed by atoms with Crippen molar-refractivity contribution in [2.24, 2.45) is 0 Å². The van der Waals surface area contributed by atoms with Crippen LogP contribution in [0.4, 0.5) is 0 Å². The van der Waals surface area contributed by atoms with E-state index in [-0.39, 0.29) is 0 Å². The van der Waals surface area contributed by atoms with Crippen molar-refractivity contribution in [3.05, 3.63) is 0 Å². The van der Waals surface area contributed by atoms with Gasteiger partial charge in [-0.25, -0.2) is 0 Å². The highest BCUT2D eigenvalue weighted by Crippen LogP contribution is 2.10. The van der Waals surface area contributed by atoms with E-state index in [0.717, 1.165) is 38.5 Å².